The lowest BCUT2D eigenvalue weighted by atomic mass is 9.64. The Labute approximate surface area is 203 Å². The highest BCUT2D eigenvalue weighted by Crippen LogP contribution is 2.71. The minimum atomic E-state index is -4.50. The summed E-state index contributed by atoms with van der Waals surface area (Å²) < 4.78 is 40.1. The van der Waals surface area contributed by atoms with E-state index in [0.29, 0.717) is 24.1 Å². The zero-order chi connectivity index (χ0) is 24.9. The third-order valence-electron chi connectivity index (χ3n) is 7.93. The normalized spacial score (nSPS) is 26.5. The van der Waals surface area contributed by atoms with Gasteiger partial charge in [0.05, 0.1) is 22.3 Å². The number of carbonyl (C=O) groups is 2. The molecule has 2 unspecified atom stereocenters. The first kappa shape index (κ1) is 24.4. The van der Waals surface area contributed by atoms with Gasteiger partial charge in [0.25, 0.3) is 0 Å². The third-order valence-corrected chi connectivity index (χ3v) is 8.46. The number of alkyl halides is 3. The number of oxime groups is 1. The van der Waals surface area contributed by atoms with E-state index in [1.807, 2.05) is 20.8 Å². The molecular weight excluding hydrogens is 513 g/mol. The lowest BCUT2D eigenvalue weighted by Crippen LogP contribution is -2.43. The average Bonchev–Trinajstić information content (AvgIpc) is 3.08. The Morgan fingerprint density at radius 3 is 2.38 bits per heavy atom. The number of nitrogens with one attached hydrogen (secondary N) is 1. The number of amides is 1. The number of fused-ring (bicyclic) bond motifs is 2. The predicted octanol–water partition coefficient (Wildman–Crippen LogP) is 6.84. The lowest BCUT2D eigenvalue weighted by molar-refractivity contribution is -0.137. The van der Waals surface area contributed by atoms with E-state index in [0.717, 1.165) is 16.6 Å². The molecule has 2 fully saturated rings. The summed E-state index contributed by atoms with van der Waals surface area (Å²) in [6, 6.07) is 11.3. The van der Waals surface area contributed by atoms with Gasteiger partial charge in [-0.3, -0.25) is 4.79 Å². The van der Waals surface area contributed by atoms with Crippen LogP contribution in [0.2, 0.25) is 0 Å². The monoisotopic (exact) mass is 536 g/mol. The molecule has 0 saturated heterocycles. The second-order valence-electron chi connectivity index (χ2n) is 9.67. The van der Waals surface area contributed by atoms with Crippen molar-refractivity contribution < 1.29 is 27.6 Å². The fraction of sp³-hybridized carbons (Fsp3) is 0.400. The van der Waals surface area contributed by atoms with Gasteiger partial charge in [-0.05, 0) is 60.7 Å². The largest absolute Gasteiger partial charge is 0.416 e. The molecule has 1 amide bonds. The van der Waals surface area contributed by atoms with Crippen molar-refractivity contribution in [1.82, 2.24) is 0 Å². The molecule has 34 heavy (non-hydrogen) atoms. The molecule has 1 N–H and O–H groups in total. The van der Waals surface area contributed by atoms with Gasteiger partial charge in [0.2, 0.25) is 5.91 Å². The number of anilines is 1. The molecule has 180 valence electrons. The smallest absolute Gasteiger partial charge is 0.326 e. The standard InChI is InChI=1S/C25H24BrF3N2O3/c1-22(2)23(3)11-12-24(22,21(33)30-18-6-4-5-16(13-18)25(27,28)29)14-19(23)31-34-20(32)15-7-9-17(26)10-8-15/h4-10,13H,11-12,14H2,1-3H3,(H,30,33)/b31-19+. The van der Waals surface area contributed by atoms with Gasteiger partial charge in [-0.25, -0.2) is 4.79 Å². The molecule has 2 aliphatic rings. The average molecular weight is 537 g/mol. The van der Waals surface area contributed by atoms with Gasteiger partial charge in [-0.1, -0.05) is 47.9 Å². The first-order valence-corrected chi connectivity index (χ1v) is 11.6. The van der Waals surface area contributed by atoms with Crippen LogP contribution in [0.3, 0.4) is 0 Å². The summed E-state index contributed by atoms with van der Waals surface area (Å²) in [4.78, 5) is 31.2. The molecule has 0 radical (unpaired) electrons. The number of nitrogens with zero attached hydrogens (tertiary/aromatic N) is 1. The molecule has 2 aliphatic carbocycles. The number of rotatable bonds is 4. The second-order valence-corrected chi connectivity index (χ2v) is 10.6. The van der Waals surface area contributed by atoms with Gasteiger partial charge < -0.3 is 10.2 Å². The van der Waals surface area contributed by atoms with Crippen LogP contribution in [0.5, 0.6) is 0 Å². The summed E-state index contributed by atoms with van der Waals surface area (Å²) in [5.41, 5.74) is -1.74. The van der Waals surface area contributed by atoms with Crippen molar-refractivity contribution >= 4 is 39.2 Å². The maximum Gasteiger partial charge on any atom is 0.416 e. The maximum absolute atomic E-state index is 13.5. The molecule has 0 aromatic heterocycles. The van der Waals surface area contributed by atoms with Crippen molar-refractivity contribution in [3.63, 3.8) is 0 Å². The van der Waals surface area contributed by atoms with Gasteiger partial charge in [0, 0.05) is 22.0 Å². The summed E-state index contributed by atoms with van der Waals surface area (Å²) in [6.07, 6.45) is -3.04. The number of carbonyl (C=O) groups excluding carboxylic acids is 2. The first-order valence-electron chi connectivity index (χ1n) is 10.8. The zero-order valence-electron chi connectivity index (χ0n) is 18.9. The molecule has 2 atom stereocenters. The van der Waals surface area contributed by atoms with E-state index >= 15 is 0 Å². The van der Waals surface area contributed by atoms with Gasteiger partial charge in [0.15, 0.2) is 0 Å². The van der Waals surface area contributed by atoms with Gasteiger partial charge in [-0.2, -0.15) is 13.2 Å². The van der Waals surface area contributed by atoms with Gasteiger partial charge in [-0.15, -0.1) is 0 Å². The van der Waals surface area contributed by atoms with Crippen molar-refractivity contribution in [1.29, 1.82) is 0 Å². The molecular formula is C25H24BrF3N2O3. The van der Waals surface area contributed by atoms with E-state index in [1.54, 1.807) is 24.3 Å². The Kier molecular flexibility index (Phi) is 5.91. The predicted molar refractivity (Wildman–Crippen MR) is 125 cm³/mol. The molecule has 2 aromatic carbocycles. The van der Waals surface area contributed by atoms with Crippen molar-refractivity contribution in [2.45, 2.75) is 46.2 Å². The fourth-order valence-electron chi connectivity index (χ4n) is 5.28. The highest BCUT2D eigenvalue weighted by Gasteiger charge is 2.71. The van der Waals surface area contributed by atoms with E-state index in [1.165, 1.54) is 12.1 Å². The van der Waals surface area contributed by atoms with Crippen LogP contribution in [-0.2, 0) is 15.8 Å². The van der Waals surface area contributed by atoms with Crippen LogP contribution in [0, 0.1) is 16.2 Å². The quantitative estimate of drug-likeness (QED) is 0.343. The summed E-state index contributed by atoms with van der Waals surface area (Å²) >= 11 is 3.31. The second kappa shape index (κ2) is 8.22. The van der Waals surface area contributed by atoms with E-state index in [9.17, 15) is 22.8 Å². The Bertz CT molecular complexity index is 1180. The molecule has 0 spiro atoms. The minimum Gasteiger partial charge on any atom is -0.326 e. The number of hydrogen-bond acceptors (Lipinski definition) is 4. The van der Waals surface area contributed by atoms with E-state index in [4.69, 9.17) is 4.84 Å². The zero-order valence-corrected chi connectivity index (χ0v) is 20.5. The first-order chi connectivity index (χ1) is 15.8. The topological polar surface area (TPSA) is 67.8 Å². The van der Waals surface area contributed by atoms with Crippen LogP contribution in [0.4, 0.5) is 18.9 Å². The van der Waals surface area contributed by atoms with Crippen LogP contribution >= 0.6 is 15.9 Å². The summed E-state index contributed by atoms with van der Waals surface area (Å²) in [5, 5.41) is 6.88. The fourth-order valence-corrected chi connectivity index (χ4v) is 5.55. The van der Waals surface area contributed by atoms with E-state index < -0.39 is 34.0 Å². The van der Waals surface area contributed by atoms with Crippen molar-refractivity contribution in [3.8, 4) is 0 Å². The van der Waals surface area contributed by atoms with Crippen LogP contribution in [0.15, 0.2) is 58.2 Å². The SMILES string of the molecule is CC12CCC(C(=O)Nc3cccc(C(F)(F)F)c3)(C/C1=N\OC(=O)c1ccc(Br)cc1)C2(C)C. The molecule has 4 rings (SSSR count). The van der Waals surface area contributed by atoms with Gasteiger partial charge >= 0.3 is 12.1 Å². The van der Waals surface area contributed by atoms with Crippen LogP contribution in [0.1, 0.15) is 56.0 Å². The molecule has 9 heteroatoms. The van der Waals surface area contributed by atoms with E-state index in [-0.39, 0.29) is 18.0 Å². The highest BCUT2D eigenvalue weighted by atomic mass is 79.9. The minimum absolute atomic E-state index is 0.0886. The Hall–Kier alpha value is -2.68. The van der Waals surface area contributed by atoms with Crippen molar-refractivity contribution in [2.75, 3.05) is 5.32 Å². The Balaban J connectivity index is 1.58. The number of benzene rings is 2. The van der Waals surface area contributed by atoms with Crippen molar-refractivity contribution in [2.24, 2.45) is 21.4 Å². The lowest BCUT2D eigenvalue weighted by Gasteiger charge is -2.39. The van der Waals surface area contributed by atoms with Gasteiger partial charge in [0.1, 0.15) is 0 Å². The van der Waals surface area contributed by atoms with Crippen molar-refractivity contribution in [3.05, 3.63) is 64.1 Å². The Morgan fingerprint density at radius 1 is 1.06 bits per heavy atom. The molecule has 2 aromatic rings. The Morgan fingerprint density at radius 2 is 1.74 bits per heavy atom. The molecule has 5 nitrogen and oxygen atoms in total. The molecule has 0 heterocycles. The summed E-state index contributed by atoms with van der Waals surface area (Å²) in [7, 11) is 0. The third kappa shape index (κ3) is 3.83. The molecule has 2 bridgehead atoms. The van der Waals surface area contributed by atoms with Crippen LogP contribution in [0.25, 0.3) is 0 Å². The van der Waals surface area contributed by atoms with E-state index in [2.05, 4.69) is 26.4 Å². The maximum atomic E-state index is 13.5. The molecule has 2 saturated carbocycles. The highest BCUT2D eigenvalue weighted by molar-refractivity contribution is 9.10. The number of halogens is 4. The van der Waals surface area contributed by atoms with Crippen LogP contribution < -0.4 is 5.32 Å². The summed E-state index contributed by atoms with van der Waals surface area (Å²) in [5.74, 6) is -0.961. The summed E-state index contributed by atoms with van der Waals surface area (Å²) in [6.45, 7) is 5.92. The number of hydrogen-bond donors (Lipinski definition) is 1. The van der Waals surface area contributed by atoms with Crippen LogP contribution in [-0.4, -0.2) is 17.6 Å². The molecule has 0 aliphatic heterocycles.